The van der Waals surface area contributed by atoms with Gasteiger partial charge in [0.05, 0.1) is 7.11 Å². The molecule has 2 aromatic carbocycles. The number of amides is 1. The number of halogens is 1. The minimum absolute atomic E-state index is 0.137. The average Bonchev–Trinajstić information content (AvgIpc) is 2.60. The van der Waals surface area contributed by atoms with E-state index in [2.05, 4.69) is 5.32 Å². The number of nitrogens with one attached hydrogen (secondary N) is 1. The fraction of sp³-hybridized carbons (Fsp3) is 0.278. The van der Waals surface area contributed by atoms with Crippen LogP contribution in [0.1, 0.15) is 6.92 Å². The first kappa shape index (κ1) is 18.5. The Morgan fingerprint density at radius 3 is 2.38 bits per heavy atom. The molecule has 2 rings (SSSR count). The predicted molar refractivity (Wildman–Crippen MR) is 98.3 cm³/mol. The third-order valence-corrected chi connectivity index (χ3v) is 4.49. The Bertz CT molecular complexity index is 646. The van der Waals surface area contributed by atoms with E-state index in [1.165, 1.54) is 0 Å². The zero-order valence-electron chi connectivity index (χ0n) is 13.6. The summed E-state index contributed by atoms with van der Waals surface area (Å²) in [4.78, 5) is 13.2. The molecule has 0 aromatic heterocycles. The van der Waals surface area contributed by atoms with Gasteiger partial charge in [0, 0.05) is 22.2 Å². The number of hydrogen-bond donors (Lipinski definition) is 1. The number of carbonyl (C=O) groups excluding carboxylic acids is 1. The molecule has 6 heteroatoms. The molecule has 1 amide bonds. The predicted octanol–water partition coefficient (Wildman–Crippen LogP) is 4.02. The third-order valence-electron chi connectivity index (χ3n) is 3.23. The zero-order valence-corrected chi connectivity index (χ0v) is 15.2. The molecule has 2 aromatic rings. The van der Waals surface area contributed by atoms with Gasteiger partial charge in [-0.15, -0.1) is 11.8 Å². The van der Waals surface area contributed by atoms with Gasteiger partial charge >= 0.3 is 0 Å². The maximum absolute atomic E-state index is 12.0. The molecule has 1 N–H and O–H groups in total. The van der Waals surface area contributed by atoms with Crippen LogP contribution in [0.15, 0.2) is 53.4 Å². The van der Waals surface area contributed by atoms with Crippen LogP contribution in [0, 0.1) is 0 Å². The Kier molecular flexibility index (Phi) is 7.28. The van der Waals surface area contributed by atoms with Crippen molar-refractivity contribution < 1.29 is 14.3 Å². The molecule has 0 aliphatic carbocycles. The molecule has 4 nitrogen and oxygen atoms in total. The SMILES string of the molecule is COc1ccc(OC(C)C(=O)NCCSc2ccc(Cl)cc2)cc1. The fourth-order valence-corrected chi connectivity index (χ4v) is 2.82. The van der Waals surface area contributed by atoms with Crippen molar-refractivity contribution >= 4 is 29.3 Å². The largest absolute Gasteiger partial charge is 0.497 e. The van der Waals surface area contributed by atoms with E-state index in [4.69, 9.17) is 21.1 Å². The highest BCUT2D eigenvalue weighted by molar-refractivity contribution is 7.99. The lowest BCUT2D eigenvalue weighted by atomic mass is 10.3. The van der Waals surface area contributed by atoms with Gasteiger partial charge in [-0.3, -0.25) is 4.79 Å². The summed E-state index contributed by atoms with van der Waals surface area (Å²) < 4.78 is 10.7. The molecule has 24 heavy (non-hydrogen) atoms. The standard InChI is InChI=1S/C18H20ClNO3S/c1-13(23-16-7-5-15(22-2)6-8-16)18(21)20-11-12-24-17-9-3-14(19)4-10-17/h3-10,13H,11-12H2,1-2H3,(H,20,21). The van der Waals surface area contributed by atoms with Gasteiger partial charge < -0.3 is 14.8 Å². The van der Waals surface area contributed by atoms with E-state index in [1.807, 2.05) is 24.3 Å². The molecule has 0 bridgehead atoms. The molecule has 1 atom stereocenters. The van der Waals surface area contributed by atoms with Crippen molar-refractivity contribution in [2.24, 2.45) is 0 Å². The highest BCUT2D eigenvalue weighted by Crippen LogP contribution is 2.20. The van der Waals surface area contributed by atoms with Crippen LogP contribution in [0.25, 0.3) is 0 Å². The van der Waals surface area contributed by atoms with Crippen LogP contribution in [-0.4, -0.2) is 31.4 Å². The van der Waals surface area contributed by atoms with Gasteiger partial charge in [0.1, 0.15) is 11.5 Å². The molecule has 0 radical (unpaired) electrons. The van der Waals surface area contributed by atoms with Crippen molar-refractivity contribution in [2.45, 2.75) is 17.9 Å². The second-order valence-electron chi connectivity index (χ2n) is 5.03. The van der Waals surface area contributed by atoms with E-state index >= 15 is 0 Å². The van der Waals surface area contributed by atoms with E-state index in [0.717, 1.165) is 21.4 Å². The first-order valence-corrected chi connectivity index (χ1v) is 8.91. The van der Waals surface area contributed by atoms with E-state index in [9.17, 15) is 4.79 Å². The molecule has 0 spiro atoms. The molecule has 0 saturated heterocycles. The highest BCUT2D eigenvalue weighted by atomic mass is 35.5. The lowest BCUT2D eigenvalue weighted by Crippen LogP contribution is -2.37. The molecular formula is C18H20ClNO3S. The topological polar surface area (TPSA) is 47.6 Å². The van der Waals surface area contributed by atoms with Crippen molar-refractivity contribution in [3.05, 3.63) is 53.6 Å². The Morgan fingerprint density at radius 2 is 1.75 bits per heavy atom. The number of methoxy groups -OCH3 is 1. The summed E-state index contributed by atoms with van der Waals surface area (Å²) >= 11 is 7.51. The van der Waals surface area contributed by atoms with Gasteiger partial charge in [-0.05, 0) is 55.5 Å². The molecule has 0 fully saturated rings. The van der Waals surface area contributed by atoms with Crippen LogP contribution >= 0.6 is 23.4 Å². The Hall–Kier alpha value is -1.85. The van der Waals surface area contributed by atoms with Gasteiger partial charge in [-0.2, -0.15) is 0 Å². The van der Waals surface area contributed by atoms with Crippen LogP contribution in [-0.2, 0) is 4.79 Å². The van der Waals surface area contributed by atoms with Gasteiger partial charge in [-0.25, -0.2) is 0 Å². The third kappa shape index (κ3) is 5.98. The van der Waals surface area contributed by atoms with E-state index in [0.29, 0.717) is 12.3 Å². The molecule has 128 valence electrons. The van der Waals surface area contributed by atoms with Crippen molar-refractivity contribution in [3.63, 3.8) is 0 Å². The summed E-state index contributed by atoms with van der Waals surface area (Å²) in [6.07, 6.45) is -0.557. The molecule has 1 unspecified atom stereocenters. The van der Waals surface area contributed by atoms with Crippen LogP contribution < -0.4 is 14.8 Å². The normalized spacial score (nSPS) is 11.6. The molecular weight excluding hydrogens is 346 g/mol. The maximum Gasteiger partial charge on any atom is 0.260 e. The molecule has 0 aliphatic heterocycles. The summed E-state index contributed by atoms with van der Waals surface area (Å²) in [6.45, 7) is 2.30. The van der Waals surface area contributed by atoms with Crippen molar-refractivity contribution in [2.75, 3.05) is 19.4 Å². The lowest BCUT2D eigenvalue weighted by molar-refractivity contribution is -0.127. The summed E-state index contributed by atoms with van der Waals surface area (Å²) in [5, 5.41) is 3.59. The first-order chi connectivity index (χ1) is 11.6. The van der Waals surface area contributed by atoms with Gasteiger partial charge in [0.25, 0.3) is 5.91 Å². The number of hydrogen-bond acceptors (Lipinski definition) is 4. The molecule has 0 saturated carbocycles. The van der Waals surface area contributed by atoms with Gasteiger partial charge in [-0.1, -0.05) is 11.6 Å². The average molecular weight is 366 g/mol. The van der Waals surface area contributed by atoms with Gasteiger partial charge in [0.15, 0.2) is 6.10 Å². The summed E-state index contributed by atoms with van der Waals surface area (Å²) in [5.74, 6) is 2.03. The van der Waals surface area contributed by atoms with Crippen LogP contribution in [0.4, 0.5) is 0 Å². The highest BCUT2D eigenvalue weighted by Gasteiger charge is 2.14. The number of carbonyl (C=O) groups is 1. The quantitative estimate of drug-likeness (QED) is 0.567. The van der Waals surface area contributed by atoms with E-state index in [-0.39, 0.29) is 5.91 Å². The number of rotatable bonds is 8. The van der Waals surface area contributed by atoms with Crippen LogP contribution in [0.2, 0.25) is 5.02 Å². The minimum atomic E-state index is -0.557. The second-order valence-corrected chi connectivity index (χ2v) is 6.63. The van der Waals surface area contributed by atoms with E-state index in [1.54, 1.807) is 50.1 Å². The number of benzene rings is 2. The summed E-state index contributed by atoms with van der Waals surface area (Å²) in [5.41, 5.74) is 0. The molecule has 0 heterocycles. The fourth-order valence-electron chi connectivity index (χ4n) is 1.93. The van der Waals surface area contributed by atoms with Gasteiger partial charge in [0.2, 0.25) is 0 Å². The maximum atomic E-state index is 12.0. The van der Waals surface area contributed by atoms with Crippen LogP contribution in [0.5, 0.6) is 11.5 Å². The van der Waals surface area contributed by atoms with Crippen LogP contribution in [0.3, 0.4) is 0 Å². The Balaban J connectivity index is 1.70. The van der Waals surface area contributed by atoms with Crippen molar-refractivity contribution in [1.82, 2.24) is 5.32 Å². The lowest BCUT2D eigenvalue weighted by Gasteiger charge is -2.15. The zero-order chi connectivity index (χ0) is 17.4. The number of thioether (sulfide) groups is 1. The Morgan fingerprint density at radius 1 is 1.12 bits per heavy atom. The number of ether oxygens (including phenoxy) is 2. The van der Waals surface area contributed by atoms with Crippen molar-refractivity contribution in [1.29, 1.82) is 0 Å². The molecule has 0 aliphatic rings. The minimum Gasteiger partial charge on any atom is -0.497 e. The first-order valence-electron chi connectivity index (χ1n) is 7.55. The van der Waals surface area contributed by atoms with E-state index < -0.39 is 6.10 Å². The second kappa shape index (κ2) is 9.45. The summed E-state index contributed by atoms with van der Waals surface area (Å²) in [7, 11) is 1.61. The van der Waals surface area contributed by atoms with Crippen molar-refractivity contribution in [3.8, 4) is 11.5 Å². The monoisotopic (exact) mass is 365 g/mol. The summed E-state index contributed by atoms with van der Waals surface area (Å²) in [6, 6.07) is 14.8. The Labute approximate surface area is 151 Å². The smallest absolute Gasteiger partial charge is 0.260 e.